The van der Waals surface area contributed by atoms with Crippen LogP contribution in [-0.4, -0.2) is 15.7 Å². The maximum absolute atomic E-state index is 12.8. The molecule has 1 amide bonds. The second-order valence-electron chi connectivity index (χ2n) is 5.66. The van der Waals surface area contributed by atoms with Crippen LogP contribution in [0.1, 0.15) is 16.2 Å². The zero-order chi connectivity index (χ0) is 18.8. The molecular weight excluding hydrogens is 405 g/mol. The normalized spacial score (nSPS) is 10.9. The quantitative estimate of drug-likeness (QED) is 0.470. The van der Waals surface area contributed by atoms with E-state index in [0.29, 0.717) is 32.9 Å². The van der Waals surface area contributed by atoms with E-state index >= 15 is 0 Å². The van der Waals surface area contributed by atoms with E-state index in [-0.39, 0.29) is 12.5 Å². The van der Waals surface area contributed by atoms with E-state index in [1.54, 1.807) is 58.7 Å². The molecule has 1 aromatic carbocycles. The Hall–Kier alpha value is -2.54. The van der Waals surface area contributed by atoms with E-state index in [4.69, 9.17) is 27.6 Å². The zero-order valence-corrected chi connectivity index (χ0v) is 16.2. The first-order valence-corrected chi connectivity index (χ1v) is 9.65. The molecule has 0 fully saturated rings. The largest absolute Gasteiger partial charge is 0.467 e. The highest BCUT2D eigenvalue weighted by Crippen LogP contribution is 2.28. The van der Waals surface area contributed by atoms with Gasteiger partial charge in [0.2, 0.25) is 0 Å². The van der Waals surface area contributed by atoms with Crippen LogP contribution in [0.5, 0.6) is 0 Å². The first-order chi connectivity index (χ1) is 13.1. The summed E-state index contributed by atoms with van der Waals surface area (Å²) in [6.07, 6.45) is 1.57. The van der Waals surface area contributed by atoms with Gasteiger partial charge in [0.1, 0.15) is 17.1 Å². The second-order valence-corrected chi connectivity index (χ2v) is 7.43. The summed E-state index contributed by atoms with van der Waals surface area (Å²) in [4.78, 5) is 13.8. The van der Waals surface area contributed by atoms with Gasteiger partial charge >= 0.3 is 0 Å². The Bertz CT molecular complexity index is 1070. The van der Waals surface area contributed by atoms with Gasteiger partial charge in [0.15, 0.2) is 0 Å². The molecule has 0 bridgehead atoms. The Balaban J connectivity index is 1.71. The van der Waals surface area contributed by atoms with Gasteiger partial charge in [-0.25, -0.2) is 4.68 Å². The summed E-state index contributed by atoms with van der Waals surface area (Å²) in [7, 11) is 0. The highest BCUT2D eigenvalue weighted by Gasteiger charge is 2.19. The molecule has 5 nitrogen and oxygen atoms in total. The van der Waals surface area contributed by atoms with Crippen LogP contribution in [0.4, 0.5) is 0 Å². The van der Waals surface area contributed by atoms with Crippen molar-refractivity contribution in [2.75, 3.05) is 0 Å². The molecule has 0 aliphatic heterocycles. The Labute approximate surface area is 169 Å². The topological polar surface area (TPSA) is 60.1 Å². The lowest BCUT2D eigenvalue weighted by Crippen LogP contribution is -2.25. The Kier molecular flexibility index (Phi) is 5.03. The van der Waals surface area contributed by atoms with E-state index in [1.165, 1.54) is 0 Å². The lowest BCUT2D eigenvalue weighted by molar-refractivity contribution is 0.0940. The molecule has 8 heteroatoms. The van der Waals surface area contributed by atoms with Gasteiger partial charge in [-0.2, -0.15) is 5.10 Å². The van der Waals surface area contributed by atoms with E-state index in [0.717, 1.165) is 4.88 Å². The number of rotatable bonds is 5. The van der Waals surface area contributed by atoms with Crippen molar-refractivity contribution in [1.82, 2.24) is 15.1 Å². The molecule has 4 aromatic rings. The SMILES string of the molecule is O=C(NCc1ccco1)c1cc(-c2cccs2)nn1-c1ccc(Cl)c(Cl)c1. The van der Waals surface area contributed by atoms with Gasteiger partial charge in [-0.15, -0.1) is 11.3 Å². The molecule has 0 atom stereocenters. The number of halogens is 2. The Morgan fingerprint density at radius 3 is 2.74 bits per heavy atom. The van der Waals surface area contributed by atoms with E-state index in [2.05, 4.69) is 10.4 Å². The summed E-state index contributed by atoms with van der Waals surface area (Å²) in [6, 6.07) is 14.3. The van der Waals surface area contributed by atoms with Crippen LogP contribution >= 0.6 is 34.5 Å². The van der Waals surface area contributed by atoms with Crippen LogP contribution in [0, 0.1) is 0 Å². The number of benzene rings is 1. The molecule has 3 heterocycles. The van der Waals surface area contributed by atoms with E-state index < -0.39 is 0 Å². The maximum Gasteiger partial charge on any atom is 0.270 e. The minimum atomic E-state index is -0.271. The van der Waals surface area contributed by atoms with Crippen molar-refractivity contribution in [3.05, 3.63) is 81.7 Å². The van der Waals surface area contributed by atoms with Crippen LogP contribution in [0.25, 0.3) is 16.3 Å². The van der Waals surface area contributed by atoms with Gasteiger partial charge in [0.05, 0.1) is 33.4 Å². The predicted octanol–water partition coefficient (Wildman–Crippen LogP) is 5.43. The number of carbonyl (C=O) groups excluding carboxylic acids is 1. The number of furan rings is 1. The van der Waals surface area contributed by atoms with Gasteiger partial charge < -0.3 is 9.73 Å². The summed E-state index contributed by atoms with van der Waals surface area (Å²) in [5, 5.41) is 10.2. The molecule has 0 radical (unpaired) electrons. The van der Waals surface area contributed by atoms with Crippen molar-refractivity contribution in [2.45, 2.75) is 6.54 Å². The standard InChI is InChI=1S/C19H13Cl2N3O2S/c20-14-6-5-12(9-15(14)21)24-17(10-16(23-24)18-4-2-8-27-18)19(25)22-11-13-3-1-7-26-13/h1-10H,11H2,(H,22,25). The molecule has 0 aliphatic carbocycles. The molecule has 0 aliphatic rings. The number of hydrogen-bond donors (Lipinski definition) is 1. The molecule has 0 saturated carbocycles. The fourth-order valence-corrected chi connectivity index (χ4v) is 3.55. The molecule has 3 aromatic heterocycles. The molecule has 136 valence electrons. The molecule has 4 rings (SSSR count). The van der Waals surface area contributed by atoms with Crippen LogP contribution < -0.4 is 5.32 Å². The summed E-state index contributed by atoms with van der Waals surface area (Å²) >= 11 is 13.7. The number of nitrogens with zero attached hydrogens (tertiary/aromatic N) is 2. The van der Waals surface area contributed by atoms with Gasteiger partial charge in [-0.3, -0.25) is 4.79 Å². The average molecular weight is 418 g/mol. The molecular formula is C19H13Cl2N3O2S. The number of carbonyl (C=O) groups is 1. The molecule has 1 N–H and O–H groups in total. The lowest BCUT2D eigenvalue weighted by atomic mass is 10.2. The second kappa shape index (κ2) is 7.60. The highest BCUT2D eigenvalue weighted by molar-refractivity contribution is 7.13. The number of nitrogens with one attached hydrogen (secondary N) is 1. The summed E-state index contributed by atoms with van der Waals surface area (Å²) in [6.45, 7) is 0.284. The maximum atomic E-state index is 12.8. The van der Waals surface area contributed by atoms with Crippen LogP contribution in [0.3, 0.4) is 0 Å². The number of amides is 1. The van der Waals surface area contributed by atoms with Gasteiger partial charge in [0.25, 0.3) is 5.91 Å². The fourth-order valence-electron chi connectivity index (χ4n) is 2.57. The van der Waals surface area contributed by atoms with Crippen LogP contribution in [0.2, 0.25) is 10.0 Å². The van der Waals surface area contributed by atoms with Gasteiger partial charge in [0, 0.05) is 0 Å². The third kappa shape index (κ3) is 3.78. The monoisotopic (exact) mass is 417 g/mol. The predicted molar refractivity (Wildman–Crippen MR) is 107 cm³/mol. The lowest BCUT2D eigenvalue weighted by Gasteiger charge is -2.08. The average Bonchev–Trinajstić information content (AvgIpc) is 3.42. The summed E-state index contributed by atoms with van der Waals surface area (Å²) < 4.78 is 6.82. The van der Waals surface area contributed by atoms with Crippen molar-refractivity contribution >= 4 is 40.4 Å². The fraction of sp³-hybridized carbons (Fsp3) is 0.0526. The third-order valence-electron chi connectivity index (χ3n) is 3.87. The van der Waals surface area contributed by atoms with Crippen LogP contribution in [0.15, 0.2) is 64.6 Å². The van der Waals surface area contributed by atoms with Crippen molar-refractivity contribution in [3.8, 4) is 16.3 Å². The van der Waals surface area contributed by atoms with Crippen molar-refractivity contribution in [3.63, 3.8) is 0 Å². The molecule has 0 unspecified atom stereocenters. The third-order valence-corrected chi connectivity index (χ3v) is 5.50. The number of hydrogen-bond acceptors (Lipinski definition) is 4. The Morgan fingerprint density at radius 1 is 1.15 bits per heavy atom. The minimum absolute atomic E-state index is 0.271. The molecule has 27 heavy (non-hydrogen) atoms. The van der Waals surface area contributed by atoms with Gasteiger partial charge in [-0.1, -0.05) is 29.3 Å². The highest BCUT2D eigenvalue weighted by atomic mass is 35.5. The van der Waals surface area contributed by atoms with Gasteiger partial charge in [-0.05, 0) is 47.8 Å². The Morgan fingerprint density at radius 2 is 2.04 bits per heavy atom. The number of thiophene rings is 1. The first-order valence-electron chi connectivity index (χ1n) is 8.02. The smallest absolute Gasteiger partial charge is 0.270 e. The summed E-state index contributed by atoms with van der Waals surface area (Å²) in [5.41, 5.74) is 1.75. The molecule has 0 spiro atoms. The molecule has 0 saturated heterocycles. The van der Waals surface area contributed by atoms with E-state index in [1.807, 2.05) is 17.5 Å². The van der Waals surface area contributed by atoms with Crippen molar-refractivity contribution < 1.29 is 9.21 Å². The van der Waals surface area contributed by atoms with Crippen molar-refractivity contribution in [2.24, 2.45) is 0 Å². The summed E-state index contributed by atoms with van der Waals surface area (Å²) in [5.74, 6) is 0.398. The van der Waals surface area contributed by atoms with Crippen molar-refractivity contribution in [1.29, 1.82) is 0 Å². The first kappa shape index (κ1) is 17.9. The van der Waals surface area contributed by atoms with E-state index in [9.17, 15) is 4.79 Å². The zero-order valence-electron chi connectivity index (χ0n) is 13.9. The van der Waals surface area contributed by atoms with Crippen LogP contribution in [-0.2, 0) is 6.54 Å². The number of aromatic nitrogens is 2. The minimum Gasteiger partial charge on any atom is -0.467 e.